The van der Waals surface area contributed by atoms with Crippen LogP contribution in [-0.2, 0) is 14.4 Å². The first kappa shape index (κ1) is 15.0. The van der Waals surface area contributed by atoms with Crippen LogP contribution >= 0.6 is 11.8 Å². The molecular weight excluding hydrogens is 270 g/mol. The molecule has 0 atom stereocenters. The number of thioether (sulfide) groups is 1. The SMILES string of the molecule is CSc1ccc(/C=C(\C(N)=O)C(=O)CCC(=O)O)o1. The van der Waals surface area contributed by atoms with Gasteiger partial charge in [0.25, 0.3) is 5.91 Å². The van der Waals surface area contributed by atoms with E-state index in [0.29, 0.717) is 10.9 Å². The molecule has 0 saturated carbocycles. The Balaban J connectivity index is 2.90. The molecule has 0 aliphatic rings. The number of ketones is 1. The molecule has 3 N–H and O–H groups in total. The third kappa shape index (κ3) is 4.63. The summed E-state index contributed by atoms with van der Waals surface area (Å²) in [7, 11) is 0. The molecule has 0 spiro atoms. The second-order valence-corrected chi connectivity index (χ2v) is 4.41. The summed E-state index contributed by atoms with van der Waals surface area (Å²) in [5.41, 5.74) is 4.85. The van der Waals surface area contributed by atoms with Crippen molar-refractivity contribution in [3.05, 3.63) is 23.5 Å². The molecule has 0 radical (unpaired) electrons. The van der Waals surface area contributed by atoms with Crippen molar-refractivity contribution in [2.24, 2.45) is 5.73 Å². The number of Topliss-reactive ketones (excluding diaryl/α,β-unsaturated/α-hetero) is 1. The van der Waals surface area contributed by atoms with Crippen LogP contribution in [-0.4, -0.2) is 29.0 Å². The highest BCUT2D eigenvalue weighted by atomic mass is 32.2. The number of carbonyl (C=O) groups excluding carboxylic acids is 2. The Kier molecular flexibility index (Phi) is 5.37. The lowest BCUT2D eigenvalue weighted by Crippen LogP contribution is -2.21. The highest BCUT2D eigenvalue weighted by Gasteiger charge is 2.17. The molecule has 102 valence electrons. The Hall–Kier alpha value is -2.02. The molecule has 1 aromatic heterocycles. The Labute approximate surface area is 113 Å². The van der Waals surface area contributed by atoms with E-state index in [1.807, 2.05) is 6.26 Å². The number of rotatable bonds is 7. The number of carboxylic acids is 1. The van der Waals surface area contributed by atoms with E-state index in [-0.39, 0.29) is 18.4 Å². The average Bonchev–Trinajstić information content (AvgIpc) is 2.80. The number of aliphatic carboxylic acids is 1. The van der Waals surface area contributed by atoms with Gasteiger partial charge in [-0.25, -0.2) is 0 Å². The van der Waals surface area contributed by atoms with Crippen LogP contribution in [0.15, 0.2) is 27.2 Å². The molecule has 0 aliphatic carbocycles. The summed E-state index contributed by atoms with van der Waals surface area (Å²) in [6.45, 7) is 0. The summed E-state index contributed by atoms with van der Waals surface area (Å²) in [5.74, 6) is -2.31. The first-order chi connectivity index (χ1) is 8.93. The molecular formula is C12H13NO5S. The predicted molar refractivity (Wildman–Crippen MR) is 69.5 cm³/mol. The van der Waals surface area contributed by atoms with E-state index < -0.39 is 17.7 Å². The minimum absolute atomic E-state index is 0.261. The van der Waals surface area contributed by atoms with Crippen molar-refractivity contribution in [1.29, 1.82) is 0 Å². The monoisotopic (exact) mass is 283 g/mol. The summed E-state index contributed by atoms with van der Waals surface area (Å²) in [4.78, 5) is 33.3. The molecule has 0 fully saturated rings. The molecule has 0 unspecified atom stereocenters. The van der Waals surface area contributed by atoms with Gasteiger partial charge in [0, 0.05) is 6.42 Å². The fourth-order valence-corrected chi connectivity index (χ4v) is 1.69. The topological polar surface area (TPSA) is 111 Å². The van der Waals surface area contributed by atoms with Gasteiger partial charge in [-0.1, -0.05) is 11.8 Å². The van der Waals surface area contributed by atoms with Crippen LogP contribution in [0.5, 0.6) is 0 Å². The van der Waals surface area contributed by atoms with Crippen molar-refractivity contribution < 1.29 is 23.9 Å². The molecule has 6 nitrogen and oxygen atoms in total. The number of nitrogens with two attached hydrogens (primary N) is 1. The molecule has 1 aromatic rings. The predicted octanol–water partition coefficient (Wildman–Crippen LogP) is 1.30. The highest BCUT2D eigenvalue weighted by molar-refractivity contribution is 7.98. The van der Waals surface area contributed by atoms with E-state index in [4.69, 9.17) is 15.3 Å². The van der Waals surface area contributed by atoms with Crippen LogP contribution in [0.1, 0.15) is 18.6 Å². The molecule has 1 rings (SSSR count). The van der Waals surface area contributed by atoms with E-state index in [9.17, 15) is 14.4 Å². The second-order valence-electron chi connectivity index (χ2n) is 3.60. The average molecular weight is 283 g/mol. The number of amides is 1. The fourth-order valence-electron chi connectivity index (χ4n) is 1.31. The molecule has 19 heavy (non-hydrogen) atoms. The maximum Gasteiger partial charge on any atom is 0.303 e. The summed E-state index contributed by atoms with van der Waals surface area (Å²) in [6.07, 6.45) is 2.42. The Morgan fingerprint density at radius 2 is 2.05 bits per heavy atom. The smallest absolute Gasteiger partial charge is 0.303 e. The Morgan fingerprint density at radius 3 is 2.53 bits per heavy atom. The summed E-state index contributed by atoms with van der Waals surface area (Å²) >= 11 is 1.37. The van der Waals surface area contributed by atoms with Gasteiger partial charge in [0.15, 0.2) is 10.9 Å². The summed E-state index contributed by atoms with van der Waals surface area (Å²) < 4.78 is 5.30. The number of furan rings is 1. The minimum Gasteiger partial charge on any atom is -0.481 e. The maximum atomic E-state index is 11.7. The zero-order valence-corrected chi connectivity index (χ0v) is 11.0. The first-order valence-corrected chi connectivity index (χ1v) is 6.57. The van der Waals surface area contributed by atoms with Crippen LogP contribution in [0, 0.1) is 0 Å². The van der Waals surface area contributed by atoms with Crippen molar-refractivity contribution in [1.82, 2.24) is 0 Å². The van der Waals surface area contributed by atoms with E-state index in [2.05, 4.69) is 0 Å². The van der Waals surface area contributed by atoms with Gasteiger partial charge in [-0.15, -0.1) is 0 Å². The van der Waals surface area contributed by atoms with Crippen LogP contribution < -0.4 is 5.73 Å². The number of hydrogen-bond donors (Lipinski definition) is 2. The van der Waals surface area contributed by atoms with Gasteiger partial charge < -0.3 is 15.3 Å². The van der Waals surface area contributed by atoms with Gasteiger partial charge in [-0.2, -0.15) is 0 Å². The van der Waals surface area contributed by atoms with E-state index >= 15 is 0 Å². The second kappa shape index (κ2) is 6.79. The number of carboxylic acid groups (broad SMARTS) is 1. The lowest BCUT2D eigenvalue weighted by atomic mass is 10.1. The minimum atomic E-state index is -1.11. The van der Waals surface area contributed by atoms with Gasteiger partial charge in [0.1, 0.15) is 5.76 Å². The van der Waals surface area contributed by atoms with Crippen LogP contribution in [0.3, 0.4) is 0 Å². The van der Waals surface area contributed by atoms with Crippen LogP contribution in [0.4, 0.5) is 0 Å². The van der Waals surface area contributed by atoms with Crippen molar-refractivity contribution >= 4 is 35.5 Å². The van der Waals surface area contributed by atoms with Gasteiger partial charge in [-0.05, 0) is 24.5 Å². The van der Waals surface area contributed by atoms with Gasteiger partial charge in [0.2, 0.25) is 0 Å². The standard InChI is InChI=1S/C12H13NO5S/c1-19-11-5-2-7(18-11)6-8(12(13)17)9(14)3-4-10(15)16/h2,5-6H,3-4H2,1H3,(H2,13,17)(H,15,16)/b8-6-. The Morgan fingerprint density at radius 1 is 1.37 bits per heavy atom. The molecule has 1 heterocycles. The van der Waals surface area contributed by atoms with Gasteiger partial charge >= 0.3 is 5.97 Å². The van der Waals surface area contributed by atoms with Gasteiger partial charge in [-0.3, -0.25) is 14.4 Å². The third-order valence-corrected chi connectivity index (χ3v) is 2.84. The zero-order chi connectivity index (χ0) is 14.4. The van der Waals surface area contributed by atoms with Crippen molar-refractivity contribution in [2.45, 2.75) is 17.9 Å². The highest BCUT2D eigenvalue weighted by Crippen LogP contribution is 2.20. The normalized spacial score (nSPS) is 11.3. The summed E-state index contributed by atoms with van der Waals surface area (Å²) in [6, 6.07) is 3.29. The van der Waals surface area contributed by atoms with E-state index in [0.717, 1.165) is 0 Å². The largest absolute Gasteiger partial charge is 0.481 e. The molecule has 0 saturated heterocycles. The van der Waals surface area contributed by atoms with Crippen molar-refractivity contribution in [2.75, 3.05) is 6.26 Å². The third-order valence-electron chi connectivity index (χ3n) is 2.22. The van der Waals surface area contributed by atoms with E-state index in [1.54, 1.807) is 12.1 Å². The first-order valence-electron chi connectivity index (χ1n) is 5.34. The molecule has 0 bridgehead atoms. The number of primary amides is 1. The number of hydrogen-bond acceptors (Lipinski definition) is 5. The molecule has 0 aliphatic heterocycles. The lowest BCUT2D eigenvalue weighted by molar-refractivity contribution is -0.138. The lowest BCUT2D eigenvalue weighted by Gasteiger charge is -2.00. The zero-order valence-electron chi connectivity index (χ0n) is 10.2. The molecule has 7 heteroatoms. The molecule has 1 amide bonds. The molecule has 0 aromatic carbocycles. The van der Waals surface area contributed by atoms with Crippen molar-refractivity contribution in [3.63, 3.8) is 0 Å². The van der Waals surface area contributed by atoms with Crippen LogP contribution in [0.25, 0.3) is 6.08 Å². The quantitative estimate of drug-likeness (QED) is 0.338. The van der Waals surface area contributed by atoms with Crippen molar-refractivity contribution in [3.8, 4) is 0 Å². The van der Waals surface area contributed by atoms with Crippen LogP contribution in [0.2, 0.25) is 0 Å². The maximum absolute atomic E-state index is 11.7. The van der Waals surface area contributed by atoms with Gasteiger partial charge in [0.05, 0.1) is 12.0 Å². The summed E-state index contributed by atoms with van der Waals surface area (Å²) in [5, 5.41) is 9.13. The van der Waals surface area contributed by atoms with E-state index in [1.165, 1.54) is 17.8 Å². The Bertz CT molecular complexity index is 532. The number of carbonyl (C=O) groups is 3. The fraction of sp³-hybridized carbons (Fsp3) is 0.250.